The Labute approximate surface area is 190 Å². The second kappa shape index (κ2) is 10.3. The minimum absolute atomic E-state index is 0.0538. The summed E-state index contributed by atoms with van der Waals surface area (Å²) >= 11 is 0. The molecule has 0 fully saturated rings. The van der Waals surface area contributed by atoms with Crippen molar-refractivity contribution >= 4 is 11.9 Å². The Balaban J connectivity index is 1.73. The van der Waals surface area contributed by atoms with Crippen LogP contribution in [0.2, 0.25) is 0 Å². The lowest BCUT2D eigenvalue weighted by Gasteiger charge is -2.18. The van der Waals surface area contributed by atoms with Crippen LogP contribution in [0.4, 0.5) is 26.7 Å². The molecule has 0 saturated carbocycles. The molecule has 0 unspecified atom stereocenters. The maximum absolute atomic E-state index is 13.8. The van der Waals surface area contributed by atoms with Gasteiger partial charge in [0.1, 0.15) is 17.4 Å². The van der Waals surface area contributed by atoms with Crippen molar-refractivity contribution in [3.63, 3.8) is 0 Å². The number of carbonyl (C=O) groups is 2. The molecule has 5 nitrogen and oxygen atoms in total. The van der Waals surface area contributed by atoms with E-state index in [1.165, 1.54) is 24.3 Å². The van der Waals surface area contributed by atoms with E-state index >= 15 is 0 Å². The van der Waals surface area contributed by atoms with Gasteiger partial charge in [0.05, 0.1) is 11.6 Å². The number of Topliss-reactive ketones (excluding diaryl/α,β-unsaturated/α-hetero) is 1. The summed E-state index contributed by atoms with van der Waals surface area (Å²) in [5.74, 6) is -3.16. The first-order valence-electron chi connectivity index (χ1n) is 9.96. The largest absolute Gasteiger partial charge is 0.573 e. The van der Waals surface area contributed by atoms with Crippen LogP contribution in [0.25, 0.3) is 11.1 Å². The molecule has 0 bridgehead atoms. The van der Waals surface area contributed by atoms with Crippen LogP contribution in [0.15, 0.2) is 66.7 Å². The normalized spacial score (nSPS) is 12.1. The maximum atomic E-state index is 13.8. The minimum Gasteiger partial charge on any atom is -0.465 e. The number of hydrogen-bond donors (Lipinski definition) is 2. The highest BCUT2D eigenvalue weighted by atomic mass is 19.4. The van der Waals surface area contributed by atoms with Gasteiger partial charge in [0.2, 0.25) is 0 Å². The Morgan fingerprint density at radius 3 is 1.91 bits per heavy atom. The first kappa shape index (κ1) is 24.7. The number of amides is 1. The first-order chi connectivity index (χ1) is 16.0. The summed E-state index contributed by atoms with van der Waals surface area (Å²) in [7, 11) is 0. The highest BCUT2D eigenvalue weighted by Gasteiger charge is 2.31. The van der Waals surface area contributed by atoms with Crippen molar-refractivity contribution in [3.05, 3.63) is 89.5 Å². The van der Waals surface area contributed by atoms with Crippen LogP contribution >= 0.6 is 0 Å². The van der Waals surface area contributed by atoms with Crippen molar-refractivity contribution in [1.82, 2.24) is 5.32 Å². The molecule has 178 valence electrons. The molecular weight excluding hydrogens is 461 g/mol. The Morgan fingerprint density at radius 2 is 1.41 bits per heavy atom. The number of ketones is 1. The monoisotopic (exact) mass is 479 g/mol. The average molecular weight is 479 g/mol. The summed E-state index contributed by atoms with van der Waals surface area (Å²) in [5, 5.41) is 11.4. The van der Waals surface area contributed by atoms with Crippen LogP contribution < -0.4 is 10.1 Å². The fraction of sp³-hybridized carbons (Fsp3) is 0.167. The molecule has 3 aromatic rings. The molecule has 0 heterocycles. The molecule has 1 atom stereocenters. The maximum Gasteiger partial charge on any atom is 0.573 e. The number of nitrogens with one attached hydrogen (secondary N) is 1. The molecule has 3 rings (SSSR count). The van der Waals surface area contributed by atoms with Crippen molar-refractivity contribution in [2.75, 3.05) is 0 Å². The quantitative estimate of drug-likeness (QED) is 0.286. The number of ether oxygens (including phenoxy) is 1. The zero-order chi connectivity index (χ0) is 24.9. The third kappa shape index (κ3) is 6.53. The van der Waals surface area contributed by atoms with Gasteiger partial charge in [-0.3, -0.25) is 4.79 Å². The lowest BCUT2D eigenvalue weighted by Crippen LogP contribution is -2.27. The summed E-state index contributed by atoms with van der Waals surface area (Å²) in [5.41, 5.74) is 1.05. The van der Waals surface area contributed by atoms with Crippen molar-refractivity contribution in [2.24, 2.45) is 0 Å². The Kier molecular flexibility index (Phi) is 7.50. The summed E-state index contributed by atoms with van der Waals surface area (Å²) in [6, 6.07) is 13.9. The van der Waals surface area contributed by atoms with Crippen LogP contribution in [0.5, 0.6) is 5.75 Å². The van der Waals surface area contributed by atoms with E-state index in [1.54, 1.807) is 24.3 Å². The average Bonchev–Trinajstić information content (AvgIpc) is 2.76. The van der Waals surface area contributed by atoms with E-state index in [4.69, 9.17) is 5.11 Å². The van der Waals surface area contributed by atoms with Crippen LogP contribution in [0.3, 0.4) is 0 Å². The van der Waals surface area contributed by atoms with Gasteiger partial charge in [-0.2, -0.15) is 0 Å². The van der Waals surface area contributed by atoms with Gasteiger partial charge in [-0.1, -0.05) is 42.5 Å². The van der Waals surface area contributed by atoms with Gasteiger partial charge in [0.15, 0.2) is 5.78 Å². The van der Waals surface area contributed by atoms with E-state index < -0.39 is 41.5 Å². The highest BCUT2D eigenvalue weighted by molar-refractivity contribution is 5.96. The molecule has 0 aliphatic rings. The van der Waals surface area contributed by atoms with Crippen molar-refractivity contribution in [2.45, 2.75) is 25.2 Å². The zero-order valence-corrected chi connectivity index (χ0v) is 17.4. The fourth-order valence-corrected chi connectivity index (χ4v) is 3.39. The second-order valence-corrected chi connectivity index (χ2v) is 7.25. The molecule has 34 heavy (non-hydrogen) atoms. The summed E-state index contributed by atoms with van der Waals surface area (Å²) in [4.78, 5) is 23.5. The Morgan fingerprint density at radius 1 is 0.882 bits per heavy atom. The zero-order valence-electron chi connectivity index (χ0n) is 17.4. The van der Waals surface area contributed by atoms with Crippen molar-refractivity contribution < 1.29 is 41.4 Å². The topological polar surface area (TPSA) is 75.6 Å². The number of hydrogen-bond acceptors (Lipinski definition) is 3. The predicted molar refractivity (Wildman–Crippen MR) is 112 cm³/mol. The van der Waals surface area contributed by atoms with Gasteiger partial charge in [-0.15, -0.1) is 13.2 Å². The number of alkyl halides is 3. The number of benzene rings is 3. The molecule has 0 saturated heterocycles. The van der Waals surface area contributed by atoms with Gasteiger partial charge in [0, 0.05) is 6.42 Å². The van der Waals surface area contributed by atoms with Gasteiger partial charge in [-0.25, -0.2) is 13.6 Å². The van der Waals surface area contributed by atoms with E-state index in [0.29, 0.717) is 16.7 Å². The predicted octanol–water partition coefficient (Wildman–Crippen LogP) is 6.50. The van der Waals surface area contributed by atoms with Gasteiger partial charge in [0.25, 0.3) is 0 Å². The molecule has 0 spiro atoms. The van der Waals surface area contributed by atoms with E-state index in [9.17, 15) is 31.5 Å². The van der Waals surface area contributed by atoms with Crippen LogP contribution in [0.1, 0.15) is 34.8 Å². The third-order valence-corrected chi connectivity index (χ3v) is 4.93. The molecule has 3 aromatic carbocycles. The number of carboxylic acid groups (broad SMARTS) is 1. The lowest BCUT2D eigenvalue weighted by molar-refractivity contribution is -0.274. The molecular formula is C24H18F5NO4. The molecule has 1 amide bonds. The Bertz CT molecular complexity index is 1140. The van der Waals surface area contributed by atoms with E-state index in [-0.39, 0.29) is 18.6 Å². The summed E-state index contributed by atoms with van der Waals surface area (Å²) in [6.07, 6.45) is -6.51. The van der Waals surface area contributed by atoms with Crippen LogP contribution in [-0.2, 0) is 0 Å². The molecule has 0 radical (unpaired) electrons. The van der Waals surface area contributed by atoms with E-state index in [0.717, 1.165) is 18.2 Å². The fourth-order valence-electron chi connectivity index (χ4n) is 3.39. The molecule has 0 aliphatic carbocycles. The minimum atomic E-state index is -4.80. The van der Waals surface area contributed by atoms with Crippen molar-refractivity contribution in [3.8, 4) is 16.9 Å². The smallest absolute Gasteiger partial charge is 0.465 e. The Hall–Kier alpha value is -3.95. The first-order valence-corrected chi connectivity index (χ1v) is 9.96. The lowest BCUT2D eigenvalue weighted by atomic mass is 9.96. The van der Waals surface area contributed by atoms with Gasteiger partial charge >= 0.3 is 12.5 Å². The van der Waals surface area contributed by atoms with Crippen LogP contribution in [-0.4, -0.2) is 23.3 Å². The van der Waals surface area contributed by atoms with E-state index in [2.05, 4.69) is 10.1 Å². The molecule has 10 heteroatoms. The standard InChI is InChI=1S/C24H18F5NO4/c25-18-2-1-3-19(26)22(18)21(31)13-12-20(30-23(32)33)16-6-4-14(5-7-16)15-8-10-17(11-9-15)34-24(27,28)29/h1-11,20,30H,12-13H2,(H,32,33)/t20-/m1/s1. The molecule has 0 aliphatic heterocycles. The van der Waals surface area contributed by atoms with Gasteiger partial charge in [-0.05, 0) is 47.4 Å². The number of halogens is 5. The van der Waals surface area contributed by atoms with Crippen LogP contribution in [0, 0.1) is 11.6 Å². The SMILES string of the molecule is O=C(O)N[C@H](CCC(=O)c1c(F)cccc1F)c1ccc(-c2ccc(OC(F)(F)F)cc2)cc1. The molecule has 0 aromatic heterocycles. The van der Waals surface area contributed by atoms with E-state index in [1.807, 2.05) is 0 Å². The second-order valence-electron chi connectivity index (χ2n) is 7.25. The highest BCUT2D eigenvalue weighted by Crippen LogP contribution is 2.28. The number of carbonyl (C=O) groups excluding carboxylic acids is 1. The molecule has 2 N–H and O–H groups in total. The summed E-state index contributed by atoms with van der Waals surface area (Å²) < 4.78 is 68.4. The number of rotatable bonds is 8. The van der Waals surface area contributed by atoms with Crippen molar-refractivity contribution in [1.29, 1.82) is 0 Å². The van der Waals surface area contributed by atoms with Gasteiger partial charge < -0.3 is 15.2 Å². The summed E-state index contributed by atoms with van der Waals surface area (Å²) in [6.45, 7) is 0. The third-order valence-electron chi connectivity index (χ3n) is 4.93.